The molecule has 0 radical (unpaired) electrons. The van der Waals surface area contributed by atoms with Crippen molar-refractivity contribution in [2.24, 2.45) is 0 Å². The van der Waals surface area contributed by atoms with Gasteiger partial charge in [0, 0.05) is 31.2 Å². The molecule has 0 saturated carbocycles. The number of hydrogen-bond donors (Lipinski definition) is 2. The highest BCUT2D eigenvalue weighted by Gasteiger charge is 2.08. The summed E-state index contributed by atoms with van der Waals surface area (Å²) in [6.07, 6.45) is 3.02. The predicted octanol–water partition coefficient (Wildman–Crippen LogP) is 3.28. The maximum atomic E-state index is 12.4. The summed E-state index contributed by atoms with van der Waals surface area (Å²) in [5.41, 5.74) is 2.17. The maximum Gasteiger partial charge on any atom is 0.258 e. The van der Waals surface area contributed by atoms with Gasteiger partial charge in [-0.3, -0.25) is 4.79 Å². The molecule has 7 nitrogen and oxygen atoms in total. The molecule has 0 aliphatic carbocycles. The van der Waals surface area contributed by atoms with E-state index in [-0.39, 0.29) is 5.91 Å². The third kappa shape index (κ3) is 6.58. The van der Waals surface area contributed by atoms with E-state index >= 15 is 0 Å². The van der Waals surface area contributed by atoms with Gasteiger partial charge < -0.3 is 20.3 Å². The second-order valence-corrected chi connectivity index (χ2v) is 6.78. The number of benzene rings is 2. The fourth-order valence-electron chi connectivity index (χ4n) is 2.51. The highest BCUT2D eigenvalue weighted by Crippen LogP contribution is 2.17. The molecule has 2 aromatic carbocycles. The van der Waals surface area contributed by atoms with E-state index in [0.717, 1.165) is 24.4 Å². The number of amides is 1. The number of aromatic nitrogens is 2. The first-order valence-electron chi connectivity index (χ1n) is 9.39. The van der Waals surface area contributed by atoms with Gasteiger partial charge in [0.1, 0.15) is 12.4 Å². The van der Waals surface area contributed by atoms with E-state index in [0.29, 0.717) is 23.8 Å². The summed E-state index contributed by atoms with van der Waals surface area (Å²) in [5.74, 6) is 0.981. The van der Waals surface area contributed by atoms with Crippen LogP contribution in [0.3, 0.4) is 0 Å². The molecule has 1 aromatic heterocycles. The molecule has 1 amide bonds. The molecule has 7 heteroatoms. The smallest absolute Gasteiger partial charge is 0.258 e. The number of ether oxygens (including phenoxy) is 1. The Balaban J connectivity index is 1.49. The molecule has 0 bridgehead atoms. The second-order valence-electron chi connectivity index (χ2n) is 6.78. The standard InChI is InChI=1S/C22H25N5O2/c1-27(2)13-12-23-22-24-14-18(15-25-22)21(28)26-19-8-10-20(11-9-19)29-16-17-6-4-3-5-7-17/h3-11,14-15H,12-13,16H2,1-2H3,(H,26,28)(H,23,24,25). The lowest BCUT2D eigenvalue weighted by molar-refractivity contribution is 0.102. The van der Waals surface area contributed by atoms with Crippen LogP contribution in [0.25, 0.3) is 0 Å². The van der Waals surface area contributed by atoms with Crippen molar-refractivity contribution in [3.8, 4) is 5.75 Å². The number of nitrogens with one attached hydrogen (secondary N) is 2. The normalized spacial score (nSPS) is 10.6. The van der Waals surface area contributed by atoms with Crippen LogP contribution in [0.2, 0.25) is 0 Å². The van der Waals surface area contributed by atoms with Gasteiger partial charge in [-0.2, -0.15) is 0 Å². The van der Waals surface area contributed by atoms with Crippen molar-refractivity contribution < 1.29 is 9.53 Å². The van der Waals surface area contributed by atoms with Gasteiger partial charge in [-0.25, -0.2) is 9.97 Å². The van der Waals surface area contributed by atoms with Gasteiger partial charge in [0.15, 0.2) is 0 Å². The first kappa shape index (κ1) is 20.3. The minimum Gasteiger partial charge on any atom is -0.489 e. The summed E-state index contributed by atoms with van der Waals surface area (Å²) in [6.45, 7) is 2.10. The molecule has 0 saturated heterocycles. The van der Waals surface area contributed by atoms with Crippen molar-refractivity contribution >= 4 is 17.5 Å². The fraction of sp³-hybridized carbons (Fsp3) is 0.227. The zero-order chi connectivity index (χ0) is 20.5. The Morgan fingerprint density at radius 2 is 1.69 bits per heavy atom. The van der Waals surface area contributed by atoms with Crippen molar-refractivity contribution in [2.45, 2.75) is 6.61 Å². The van der Waals surface area contributed by atoms with Crippen LogP contribution in [0.5, 0.6) is 5.75 Å². The first-order valence-corrected chi connectivity index (χ1v) is 9.39. The van der Waals surface area contributed by atoms with Crippen LogP contribution in [-0.2, 0) is 6.61 Å². The van der Waals surface area contributed by atoms with Gasteiger partial charge in [0.05, 0.1) is 5.56 Å². The lowest BCUT2D eigenvalue weighted by Gasteiger charge is -2.10. The number of carbonyl (C=O) groups excluding carboxylic acids is 1. The largest absolute Gasteiger partial charge is 0.489 e. The first-order chi connectivity index (χ1) is 14.1. The van der Waals surface area contributed by atoms with Gasteiger partial charge in [-0.05, 0) is 43.9 Å². The van der Waals surface area contributed by atoms with Crippen molar-refractivity contribution in [1.82, 2.24) is 14.9 Å². The van der Waals surface area contributed by atoms with Crippen LogP contribution in [0.1, 0.15) is 15.9 Å². The quantitative estimate of drug-likeness (QED) is 0.583. The minimum absolute atomic E-state index is 0.261. The summed E-state index contributed by atoms with van der Waals surface area (Å²) in [6, 6.07) is 17.2. The van der Waals surface area contributed by atoms with Crippen LogP contribution in [-0.4, -0.2) is 48.0 Å². The Hall–Kier alpha value is -3.45. The van der Waals surface area contributed by atoms with E-state index in [1.54, 1.807) is 12.1 Å². The lowest BCUT2D eigenvalue weighted by atomic mass is 10.2. The summed E-state index contributed by atoms with van der Waals surface area (Å²) < 4.78 is 5.75. The molecule has 2 N–H and O–H groups in total. The topological polar surface area (TPSA) is 79.4 Å². The highest BCUT2D eigenvalue weighted by molar-refractivity contribution is 6.03. The number of hydrogen-bond acceptors (Lipinski definition) is 6. The molecule has 0 aliphatic heterocycles. The van der Waals surface area contributed by atoms with E-state index in [4.69, 9.17) is 4.74 Å². The van der Waals surface area contributed by atoms with Crippen LogP contribution in [0.4, 0.5) is 11.6 Å². The molecule has 0 fully saturated rings. The van der Waals surface area contributed by atoms with Crippen LogP contribution in [0, 0.1) is 0 Å². The summed E-state index contributed by atoms with van der Waals surface area (Å²) >= 11 is 0. The van der Waals surface area contributed by atoms with E-state index in [9.17, 15) is 4.79 Å². The van der Waals surface area contributed by atoms with Crippen LogP contribution >= 0.6 is 0 Å². The molecular formula is C22H25N5O2. The highest BCUT2D eigenvalue weighted by atomic mass is 16.5. The molecule has 0 atom stereocenters. The number of likely N-dealkylation sites (N-methyl/N-ethyl adjacent to an activating group) is 1. The number of anilines is 2. The lowest BCUT2D eigenvalue weighted by Crippen LogP contribution is -2.21. The van der Waals surface area contributed by atoms with Gasteiger partial charge >= 0.3 is 0 Å². The third-order valence-electron chi connectivity index (χ3n) is 4.12. The number of nitrogens with zero attached hydrogens (tertiary/aromatic N) is 3. The monoisotopic (exact) mass is 391 g/mol. The predicted molar refractivity (Wildman–Crippen MR) is 114 cm³/mol. The van der Waals surface area contributed by atoms with Gasteiger partial charge in [-0.15, -0.1) is 0 Å². The third-order valence-corrected chi connectivity index (χ3v) is 4.12. The van der Waals surface area contributed by atoms with Crippen molar-refractivity contribution in [3.63, 3.8) is 0 Å². The Bertz CT molecular complexity index is 897. The molecule has 3 aromatic rings. The maximum absolute atomic E-state index is 12.4. The van der Waals surface area contributed by atoms with E-state index in [2.05, 4.69) is 25.5 Å². The Kier molecular flexibility index (Phi) is 7.13. The minimum atomic E-state index is -0.261. The molecular weight excluding hydrogens is 366 g/mol. The van der Waals surface area contributed by atoms with Crippen molar-refractivity contribution in [2.75, 3.05) is 37.8 Å². The second kappa shape index (κ2) is 10.2. The average Bonchev–Trinajstić information content (AvgIpc) is 2.74. The van der Waals surface area contributed by atoms with Gasteiger partial charge in [-0.1, -0.05) is 30.3 Å². The van der Waals surface area contributed by atoms with Crippen molar-refractivity contribution in [1.29, 1.82) is 0 Å². The van der Waals surface area contributed by atoms with Crippen molar-refractivity contribution in [3.05, 3.63) is 78.1 Å². The zero-order valence-corrected chi connectivity index (χ0v) is 16.6. The molecule has 0 aliphatic rings. The molecule has 0 unspecified atom stereocenters. The van der Waals surface area contributed by atoms with E-state index < -0.39 is 0 Å². The van der Waals surface area contributed by atoms with E-state index in [1.807, 2.05) is 56.6 Å². The molecule has 1 heterocycles. The molecule has 150 valence electrons. The molecule has 29 heavy (non-hydrogen) atoms. The summed E-state index contributed by atoms with van der Waals surface area (Å²) in [7, 11) is 4.00. The van der Waals surface area contributed by atoms with E-state index in [1.165, 1.54) is 12.4 Å². The molecule has 0 spiro atoms. The average molecular weight is 391 g/mol. The van der Waals surface area contributed by atoms with Crippen LogP contribution in [0.15, 0.2) is 67.0 Å². The SMILES string of the molecule is CN(C)CCNc1ncc(C(=O)Nc2ccc(OCc3ccccc3)cc2)cn1. The summed E-state index contributed by atoms with van der Waals surface area (Å²) in [5, 5.41) is 5.95. The van der Waals surface area contributed by atoms with Gasteiger partial charge in [0.2, 0.25) is 5.95 Å². The Morgan fingerprint density at radius 3 is 2.34 bits per heavy atom. The van der Waals surface area contributed by atoms with Gasteiger partial charge in [0.25, 0.3) is 5.91 Å². The number of carbonyl (C=O) groups is 1. The zero-order valence-electron chi connectivity index (χ0n) is 16.6. The fourth-order valence-corrected chi connectivity index (χ4v) is 2.51. The Morgan fingerprint density at radius 1 is 1.00 bits per heavy atom. The number of rotatable bonds is 9. The summed E-state index contributed by atoms with van der Waals surface area (Å²) in [4.78, 5) is 22.8. The Labute approximate surface area is 170 Å². The molecule has 3 rings (SSSR count). The van der Waals surface area contributed by atoms with Crippen LogP contribution < -0.4 is 15.4 Å².